The van der Waals surface area contributed by atoms with E-state index in [1.165, 1.54) is 11.9 Å². The maximum Gasteiger partial charge on any atom is 0.175 e. The predicted octanol–water partition coefficient (Wildman–Crippen LogP) is 4.35. The van der Waals surface area contributed by atoms with Crippen LogP contribution in [0.2, 0.25) is 0 Å². The highest BCUT2D eigenvalue weighted by molar-refractivity contribution is 8.00. The minimum absolute atomic E-state index is 0.639. The average molecular weight is 303 g/mol. The molecule has 0 saturated carbocycles. The topological polar surface area (TPSA) is 52.8 Å². The Morgan fingerprint density at radius 3 is 2.75 bits per heavy atom. The molecule has 0 unspecified atom stereocenters. The molecule has 0 spiro atoms. The van der Waals surface area contributed by atoms with Gasteiger partial charge in [-0.25, -0.2) is 0 Å². The van der Waals surface area contributed by atoms with Gasteiger partial charge in [0.1, 0.15) is 5.75 Å². The highest BCUT2D eigenvalue weighted by atomic mass is 32.2. The van der Waals surface area contributed by atoms with Crippen molar-refractivity contribution in [1.82, 2.24) is 9.97 Å². The molecule has 0 bridgehead atoms. The first-order valence-corrected chi connectivity index (χ1v) is 7.26. The summed E-state index contributed by atoms with van der Waals surface area (Å²) in [6.07, 6.45) is 0. The van der Waals surface area contributed by atoms with Crippen molar-refractivity contribution in [2.75, 3.05) is 11.8 Å². The molecular weight excluding hydrogens is 290 g/mol. The monoisotopic (exact) mass is 303 g/mol. The number of aromatic nitrogens is 2. The van der Waals surface area contributed by atoms with Crippen molar-refractivity contribution in [3.05, 3.63) is 47.2 Å². The van der Waals surface area contributed by atoms with E-state index in [0.717, 1.165) is 27.4 Å². The summed E-state index contributed by atoms with van der Waals surface area (Å²) in [5.41, 5.74) is 2.96. The van der Waals surface area contributed by atoms with Gasteiger partial charge in [0, 0.05) is 4.90 Å². The minimum atomic E-state index is 0.639. The van der Waals surface area contributed by atoms with Gasteiger partial charge in [-0.15, -0.1) is 0 Å². The van der Waals surface area contributed by atoms with Gasteiger partial charge in [-0.2, -0.15) is 0 Å². The minimum Gasteiger partial charge on any atom is -0.495 e. The predicted molar refractivity (Wildman–Crippen MR) is 86.0 cm³/mol. The van der Waals surface area contributed by atoms with Gasteiger partial charge in [-0.05, 0) is 54.5 Å². The smallest absolute Gasteiger partial charge is 0.175 e. The molecule has 0 fully saturated rings. The van der Waals surface area contributed by atoms with Gasteiger partial charge in [-0.1, -0.05) is 12.1 Å². The molecule has 1 aromatic heterocycles. The van der Waals surface area contributed by atoms with Crippen LogP contribution in [0.4, 0.5) is 5.69 Å². The van der Waals surface area contributed by atoms with Crippen molar-refractivity contribution in [2.45, 2.75) is 4.90 Å². The van der Waals surface area contributed by atoms with E-state index in [9.17, 15) is 0 Å². The zero-order valence-corrected chi connectivity index (χ0v) is 12.4. The van der Waals surface area contributed by atoms with Gasteiger partial charge in [0.05, 0.1) is 23.8 Å². The second kappa shape index (κ2) is 5.60. The van der Waals surface area contributed by atoms with Crippen molar-refractivity contribution in [3.8, 4) is 5.75 Å². The molecule has 3 N–H and O–H groups in total. The maximum atomic E-state index is 5.31. The quantitative estimate of drug-likeness (QED) is 0.495. The molecule has 3 aromatic rings. The molecule has 4 nitrogen and oxygen atoms in total. The summed E-state index contributed by atoms with van der Waals surface area (Å²) in [6, 6.07) is 13.9. The van der Waals surface area contributed by atoms with E-state index >= 15 is 0 Å². The number of fused-ring (bicyclic) bond motifs is 1. The third-order valence-electron chi connectivity index (χ3n) is 2.87. The van der Waals surface area contributed by atoms with Crippen LogP contribution in [0, 0.1) is 4.77 Å². The van der Waals surface area contributed by atoms with Crippen LogP contribution in [-0.2, 0) is 0 Å². The molecule has 102 valence electrons. The number of hydrogen-bond donors (Lipinski definition) is 3. The lowest BCUT2D eigenvalue weighted by atomic mass is 10.3. The summed E-state index contributed by atoms with van der Waals surface area (Å²) >= 11 is 6.61. The highest BCUT2D eigenvalue weighted by Crippen LogP contribution is 2.29. The fraction of sp³-hybridized carbons (Fsp3) is 0.0714. The molecule has 2 aromatic carbocycles. The van der Waals surface area contributed by atoms with E-state index in [1.54, 1.807) is 7.11 Å². The molecule has 0 amide bonds. The Bertz CT molecular complexity index is 794. The molecule has 0 aliphatic heterocycles. The third kappa shape index (κ3) is 2.66. The maximum absolute atomic E-state index is 5.31. The fourth-order valence-corrected chi connectivity index (χ4v) is 2.85. The van der Waals surface area contributed by atoms with Gasteiger partial charge in [0.15, 0.2) is 4.77 Å². The lowest BCUT2D eigenvalue weighted by Crippen LogP contribution is -1.91. The number of hydrogen-bond acceptors (Lipinski definition) is 4. The van der Waals surface area contributed by atoms with E-state index in [0.29, 0.717) is 4.77 Å². The fourth-order valence-electron chi connectivity index (χ4n) is 1.92. The average Bonchev–Trinajstić information content (AvgIpc) is 2.84. The Morgan fingerprint density at radius 1 is 1.10 bits per heavy atom. The summed E-state index contributed by atoms with van der Waals surface area (Å²) in [5.74, 6) is 0.821. The normalized spacial score (nSPS) is 10.7. The van der Waals surface area contributed by atoms with Gasteiger partial charge in [0.2, 0.25) is 0 Å². The van der Waals surface area contributed by atoms with Crippen LogP contribution in [0.5, 0.6) is 5.75 Å². The molecule has 0 saturated heterocycles. The molecule has 0 atom stereocenters. The summed E-state index contributed by atoms with van der Waals surface area (Å²) in [7, 11) is 1.66. The Morgan fingerprint density at radius 2 is 1.90 bits per heavy atom. The molecular formula is C14H13N3OS2. The zero-order chi connectivity index (χ0) is 13.9. The van der Waals surface area contributed by atoms with Gasteiger partial charge < -0.3 is 19.4 Å². The Labute approximate surface area is 125 Å². The Kier molecular flexibility index (Phi) is 3.66. The highest BCUT2D eigenvalue weighted by Gasteiger charge is 2.03. The molecule has 0 radical (unpaired) electrons. The molecule has 1 heterocycles. The molecule has 6 heteroatoms. The van der Waals surface area contributed by atoms with Crippen LogP contribution in [0.15, 0.2) is 47.4 Å². The summed E-state index contributed by atoms with van der Waals surface area (Å²) in [4.78, 5) is 7.29. The van der Waals surface area contributed by atoms with Crippen LogP contribution in [0.3, 0.4) is 0 Å². The number of ether oxygens (including phenoxy) is 1. The largest absolute Gasteiger partial charge is 0.495 e. The van der Waals surface area contributed by atoms with E-state index in [-0.39, 0.29) is 0 Å². The van der Waals surface area contributed by atoms with E-state index < -0.39 is 0 Å². The van der Waals surface area contributed by atoms with E-state index in [4.69, 9.17) is 17.0 Å². The number of H-pyrrole nitrogens is 2. The Balaban J connectivity index is 1.81. The number of methoxy groups -OCH3 is 1. The first kappa shape index (κ1) is 13.1. The second-order valence-corrected chi connectivity index (χ2v) is 5.48. The van der Waals surface area contributed by atoms with Crippen LogP contribution in [0.1, 0.15) is 0 Å². The number of anilines is 1. The number of rotatable bonds is 4. The van der Waals surface area contributed by atoms with Crippen LogP contribution < -0.4 is 9.46 Å². The summed E-state index contributed by atoms with van der Waals surface area (Å²) in [6.45, 7) is 0. The number of imidazole rings is 1. The van der Waals surface area contributed by atoms with Gasteiger partial charge >= 0.3 is 0 Å². The third-order valence-corrected chi connectivity index (χ3v) is 3.89. The van der Waals surface area contributed by atoms with E-state index in [1.807, 2.05) is 36.4 Å². The van der Waals surface area contributed by atoms with Crippen LogP contribution in [-0.4, -0.2) is 17.1 Å². The van der Waals surface area contributed by atoms with Crippen molar-refractivity contribution in [1.29, 1.82) is 0 Å². The molecule has 3 rings (SSSR count). The number of benzene rings is 2. The van der Waals surface area contributed by atoms with Crippen molar-refractivity contribution in [2.24, 2.45) is 0 Å². The molecule has 20 heavy (non-hydrogen) atoms. The molecule has 0 aliphatic carbocycles. The SMILES string of the molecule is COc1ccccc1NSc1ccc2[nH]c(=S)[nH]c2c1. The van der Waals surface area contributed by atoms with E-state index in [2.05, 4.69) is 20.8 Å². The van der Waals surface area contributed by atoms with Gasteiger partial charge in [-0.3, -0.25) is 0 Å². The first-order valence-electron chi connectivity index (χ1n) is 6.04. The van der Waals surface area contributed by atoms with Crippen LogP contribution in [0.25, 0.3) is 11.0 Å². The summed E-state index contributed by atoms with van der Waals surface area (Å²) in [5, 5.41) is 0. The summed E-state index contributed by atoms with van der Waals surface area (Å²) < 4.78 is 9.24. The molecule has 0 aliphatic rings. The number of para-hydroxylation sites is 2. The number of aromatic amines is 2. The number of nitrogens with one attached hydrogen (secondary N) is 3. The Hall–Kier alpha value is -1.92. The first-order chi connectivity index (χ1) is 9.76. The van der Waals surface area contributed by atoms with Gasteiger partial charge in [0.25, 0.3) is 0 Å². The van der Waals surface area contributed by atoms with Crippen molar-refractivity contribution >= 4 is 40.9 Å². The van der Waals surface area contributed by atoms with Crippen molar-refractivity contribution in [3.63, 3.8) is 0 Å². The lowest BCUT2D eigenvalue weighted by Gasteiger charge is -2.09. The van der Waals surface area contributed by atoms with Crippen molar-refractivity contribution < 1.29 is 4.74 Å². The van der Waals surface area contributed by atoms with Crippen LogP contribution >= 0.6 is 24.2 Å². The standard InChI is InChI=1S/C14H13N3OS2/c1-18-13-5-3-2-4-11(13)17-20-9-6-7-10-12(8-9)16-14(19)15-10/h2-8,17H,1H3,(H2,15,16,19). The zero-order valence-electron chi connectivity index (χ0n) is 10.8. The second-order valence-electron chi connectivity index (χ2n) is 4.19. The lowest BCUT2D eigenvalue weighted by molar-refractivity contribution is 0.417.